The summed E-state index contributed by atoms with van der Waals surface area (Å²) in [6, 6.07) is 7.79. The fourth-order valence-electron chi connectivity index (χ4n) is 2.87. The first-order chi connectivity index (χ1) is 10.7. The Hall–Kier alpha value is -1.79. The maximum atomic E-state index is 12.0. The Labute approximate surface area is 142 Å². The van der Waals surface area contributed by atoms with E-state index in [9.17, 15) is 9.59 Å². The molecule has 3 rings (SSSR count). The van der Waals surface area contributed by atoms with Crippen molar-refractivity contribution in [1.29, 1.82) is 0 Å². The Bertz CT molecular complexity index is 561. The van der Waals surface area contributed by atoms with Gasteiger partial charge >= 0.3 is 0 Å². The predicted molar refractivity (Wildman–Crippen MR) is 90.2 cm³/mol. The number of carbonyl (C=O) groups excluding carboxylic acids is 2. The van der Waals surface area contributed by atoms with Crippen LogP contribution in [0, 0.1) is 0 Å². The number of ether oxygens (including phenoxy) is 1. The van der Waals surface area contributed by atoms with Gasteiger partial charge in [-0.05, 0) is 31.5 Å². The predicted octanol–water partition coefficient (Wildman–Crippen LogP) is 1.09. The Morgan fingerprint density at radius 1 is 1.39 bits per heavy atom. The largest absolute Gasteiger partial charge is 0.482 e. The molecule has 2 heterocycles. The summed E-state index contributed by atoms with van der Waals surface area (Å²) in [5, 5.41) is 6.27. The number of rotatable bonds is 5. The van der Waals surface area contributed by atoms with Crippen LogP contribution in [0.25, 0.3) is 0 Å². The molecule has 126 valence electrons. The summed E-state index contributed by atoms with van der Waals surface area (Å²) in [6.45, 7) is 2.10. The molecule has 6 nitrogen and oxygen atoms in total. The van der Waals surface area contributed by atoms with Crippen molar-refractivity contribution in [3.8, 4) is 5.75 Å². The van der Waals surface area contributed by atoms with E-state index < -0.39 is 0 Å². The monoisotopic (exact) mass is 339 g/mol. The normalized spacial score (nSPS) is 19.6. The molecule has 0 radical (unpaired) electrons. The standard InChI is InChI=1S/C16H21N3O3.ClH/c20-15(18-10-12-4-3-8-17-12)7-9-19-13-5-1-2-6-14(13)22-11-16(19)21;/h1-2,5-6,12,17H,3-4,7-11H2,(H,18,20);1H. The third kappa shape index (κ3) is 4.36. The molecule has 1 aromatic carbocycles. The van der Waals surface area contributed by atoms with E-state index in [1.54, 1.807) is 4.90 Å². The highest BCUT2D eigenvalue weighted by atomic mass is 35.5. The first kappa shape index (κ1) is 17.6. The van der Waals surface area contributed by atoms with E-state index in [0.717, 1.165) is 18.7 Å². The average Bonchev–Trinajstić information content (AvgIpc) is 3.05. The summed E-state index contributed by atoms with van der Waals surface area (Å²) in [7, 11) is 0. The molecule has 1 aromatic rings. The second kappa shape index (κ2) is 8.17. The zero-order valence-corrected chi connectivity index (χ0v) is 13.7. The number of benzene rings is 1. The number of amides is 2. The molecule has 1 atom stereocenters. The average molecular weight is 340 g/mol. The van der Waals surface area contributed by atoms with Gasteiger partial charge in [0.1, 0.15) is 5.75 Å². The van der Waals surface area contributed by atoms with Crippen LogP contribution in [-0.4, -0.2) is 44.1 Å². The van der Waals surface area contributed by atoms with Gasteiger partial charge in [-0.15, -0.1) is 12.4 Å². The highest BCUT2D eigenvalue weighted by Gasteiger charge is 2.25. The highest BCUT2D eigenvalue weighted by Crippen LogP contribution is 2.31. The van der Waals surface area contributed by atoms with Crippen LogP contribution in [0.3, 0.4) is 0 Å². The van der Waals surface area contributed by atoms with Gasteiger partial charge in [-0.2, -0.15) is 0 Å². The number of hydrogen-bond donors (Lipinski definition) is 2. The fourth-order valence-corrected chi connectivity index (χ4v) is 2.87. The SMILES string of the molecule is Cl.O=C(CCN1C(=O)COc2ccccc21)NCC1CCCN1. The van der Waals surface area contributed by atoms with E-state index in [1.807, 2.05) is 24.3 Å². The molecular formula is C16H22ClN3O3. The Kier molecular flexibility index (Phi) is 6.24. The van der Waals surface area contributed by atoms with Gasteiger partial charge in [-0.1, -0.05) is 12.1 Å². The van der Waals surface area contributed by atoms with Crippen molar-refractivity contribution in [3.05, 3.63) is 24.3 Å². The van der Waals surface area contributed by atoms with Crippen LogP contribution in [0.2, 0.25) is 0 Å². The molecule has 0 bridgehead atoms. The van der Waals surface area contributed by atoms with Crippen molar-refractivity contribution in [2.45, 2.75) is 25.3 Å². The van der Waals surface area contributed by atoms with Crippen LogP contribution < -0.4 is 20.3 Å². The van der Waals surface area contributed by atoms with Gasteiger partial charge in [0.15, 0.2) is 6.61 Å². The molecule has 0 aromatic heterocycles. The van der Waals surface area contributed by atoms with E-state index in [0.29, 0.717) is 31.3 Å². The lowest BCUT2D eigenvalue weighted by molar-refractivity contribution is -0.122. The minimum Gasteiger partial charge on any atom is -0.482 e. The van der Waals surface area contributed by atoms with Crippen molar-refractivity contribution in [3.63, 3.8) is 0 Å². The van der Waals surface area contributed by atoms with Crippen LogP contribution in [0.5, 0.6) is 5.75 Å². The molecule has 0 saturated carbocycles. The molecule has 23 heavy (non-hydrogen) atoms. The van der Waals surface area contributed by atoms with Crippen molar-refractivity contribution < 1.29 is 14.3 Å². The number of para-hydroxylation sites is 2. The third-order valence-electron chi connectivity index (χ3n) is 4.08. The number of nitrogens with one attached hydrogen (secondary N) is 2. The van der Waals surface area contributed by atoms with Gasteiger partial charge in [0.25, 0.3) is 5.91 Å². The molecule has 1 fully saturated rings. The number of fused-ring (bicyclic) bond motifs is 1. The van der Waals surface area contributed by atoms with Gasteiger partial charge in [0, 0.05) is 25.6 Å². The summed E-state index contributed by atoms with van der Waals surface area (Å²) >= 11 is 0. The maximum absolute atomic E-state index is 12.0. The summed E-state index contributed by atoms with van der Waals surface area (Å²) in [5.41, 5.74) is 0.740. The quantitative estimate of drug-likeness (QED) is 0.842. The molecule has 1 unspecified atom stereocenters. The van der Waals surface area contributed by atoms with Crippen molar-refractivity contribution in [1.82, 2.24) is 10.6 Å². The molecular weight excluding hydrogens is 318 g/mol. The van der Waals surface area contributed by atoms with Gasteiger partial charge in [-0.25, -0.2) is 0 Å². The number of nitrogens with zero attached hydrogens (tertiary/aromatic N) is 1. The van der Waals surface area contributed by atoms with E-state index in [2.05, 4.69) is 10.6 Å². The van der Waals surface area contributed by atoms with Crippen LogP contribution in [0.1, 0.15) is 19.3 Å². The van der Waals surface area contributed by atoms with Gasteiger partial charge in [0.05, 0.1) is 5.69 Å². The van der Waals surface area contributed by atoms with Crippen LogP contribution in [0.4, 0.5) is 5.69 Å². The van der Waals surface area contributed by atoms with E-state index in [4.69, 9.17) is 4.74 Å². The lowest BCUT2D eigenvalue weighted by Crippen LogP contribution is -2.42. The van der Waals surface area contributed by atoms with E-state index >= 15 is 0 Å². The molecule has 0 spiro atoms. The first-order valence-corrected chi connectivity index (χ1v) is 7.76. The van der Waals surface area contributed by atoms with Crippen molar-refractivity contribution in [2.75, 3.05) is 31.1 Å². The fraction of sp³-hybridized carbons (Fsp3) is 0.500. The number of halogens is 1. The van der Waals surface area contributed by atoms with Crippen LogP contribution in [0.15, 0.2) is 24.3 Å². The Morgan fingerprint density at radius 2 is 2.22 bits per heavy atom. The van der Waals surface area contributed by atoms with E-state index in [1.165, 1.54) is 6.42 Å². The maximum Gasteiger partial charge on any atom is 0.265 e. The second-order valence-corrected chi connectivity index (χ2v) is 5.65. The molecule has 7 heteroatoms. The third-order valence-corrected chi connectivity index (χ3v) is 4.08. The summed E-state index contributed by atoms with van der Waals surface area (Å²) in [6.07, 6.45) is 2.57. The van der Waals surface area contributed by atoms with E-state index in [-0.39, 0.29) is 30.8 Å². The minimum absolute atomic E-state index is 0. The lowest BCUT2D eigenvalue weighted by Gasteiger charge is -2.29. The van der Waals surface area contributed by atoms with Crippen LogP contribution >= 0.6 is 12.4 Å². The zero-order chi connectivity index (χ0) is 15.4. The molecule has 2 amide bonds. The van der Waals surface area contributed by atoms with Crippen molar-refractivity contribution in [2.24, 2.45) is 0 Å². The summed E-state index contributed by atoms with van der Waals surface area (Å²) in [5.74, 6) is 0.562. The molecule has 2 aliphatic rings. The number of anilines is 1. The molecule has 2 aliphatic heterocycles. The molecule has 0 aliphatic carbocycles. The first-order valence-electron chi connectivity index (χ1n) is 7.76. The lowest BCUT2D eigenvalue weighted by atomic mass is 10.2. The van der Waals surface area contributed by atoms with Gasteiger partial charge in [0.2, 0.25) is 5.91 Å². The van der Waals surface area contributed by atoms with Gasteiger partial charge < -0.3 is 20.3 Å². The molecule has 1 saturated heterocycles. The summed E-state index contributed by atoms with van der Waals surface area (Å²) in [4.78, 5) is 25.6. The van der Waals surface area contributed by atoms with Gasteiger partial charge in [-0.3, -0.25) is 9.59 Å². The smallest absolute Gasteiger partial charge is 0.265 e. The second-order valence-electron chi connectivity index (χ2n) is 5.65. The number of carbonyl (C=O) groups is 2. The minimum atomic E-state index is -0.107. The topological polar surface area (TPSA) is 70.7 Å². The Morgan fingerprint density at radius 3 is 3.00 bits per heavy atom. The number of hydrogen-bond acceptors (Lipinski definition) is 4. The molecule has 2 N–H and O–H groups in total. The highest BCUT2D eigenvalue weighted by molar-refractivity contribution is 5.98. The van der Waals surface area contributed by atoms with Crippen LogP contribution in [-0.2, 0) is 9.59 Å². The Balaban J connectivity index is 0.00000192. The van der Waals surface area contributed by atoms with Crippen molar-refractivity contribution >= 4 is 29.9 Å². The zero-order valence-electron chi connectivity index (χ0n) is 12.9. The summed E-state index contributed by atoms with van der Waals surface area (Å²) < 4.78 is 5.39.